The van der Waals surface area contributed by atoms with E-state index in [1.165, 1.54) is 0 Å². The lowest BCUT2D eigenvalue weighted by Gasteiger charge is -2.26. The molecule has 0 amide bonds. The molecule has 0 heterocycles. The van der Waals surface area contributed by atoms with Crippen LogP contribution in [0.3, 0.4) is 0 Å². The van der Waals surface area contributed by atoms with Crippen LogP contribution in [0, 0.1) is 0 Å². The topological polar surface area (TPSA) is 72.5 Å². The predicted molar refractivity (Wildman–Crippen MR) is 76.9 cm³/mol. The quantitative estimate of drug-likeness (QED) is 0.618. The maximum absolute atomic E-state index is 12.3. The third-order valence-electron chi connectivity index (χ3n) is 3.00. The molecule has 2 unspecified atom stereocenters. The van der Waals surface area contributed by atoms with Crippen LogP contribution in [0.2, 0.25) is 0 Å². The molecule has 5 nitrogen and oxygen atoms in total. The van der Waals surface area contributed by atoms with Crippen LogP contribution in [0.1, 0.15) is 47.0 Å². The Morgan fingerprint density at radius 2 is 1.84 bits per heavy atom. The lowest BCUT2D eigenvalue weighted by molar-refractivity contribution is -0.139. The van der Waals surface area contributed by atoms with Crippen LogP contribution in [-0.4, -0.2) is 44.6 Å². The van der Waals surface area contributed by atoms with Crippen LogP contribution in [0.15, 0.2) is 0 Å². The minimum atomic E-state index is -3.47. The zero-order valence-corrected chi connectivity index (χ0v) is 13.3. The summed E-state index contributed by atoms with van der Waals surface area (Å²) >= 11 is 0. The normalized spacial score (nSPS) is 14.9. The molecule has 0 aromatic carbocycles. The summed E-state index contributed by atoms with van der Waals surface area (Å²) in [7, 11) is -3.47. The molecule has 0 aliphatic heterocycles. The van der Waals surface area contributed by atoms with Gasteiger partial charge in [0.25, 0.3) is 0 Å². The van der Waals surface area contributed by atoms with Crippen molar-refractivity contribution in [2.75, 3.05) is 18.9 Å². The van der Waals surface area contributed by atoms with Crippen molar-refractivity contribution in [1.82, 2.24) is 5.32 Å². The Hall–Kier alpha value is -0.620. The molecule has 0 saturated heterocycles. The molecule has 114 valence electrons. The minimum Gasteiger partial charge on any atom is -0.465 e. The van der Waals surface area contributed by atoms with Crippen molar-refractivity contribution in [3.63, 3.8) is 0 Å². The number of ether oxygens (including phenoxy) is 1. The lowest BCUT2D eigenvalue weighted by Crippen LogP contribution is -2.45. The van der Waals surface area contributed by atoms with Gasteiger partial charge in [0.15, 0.2) is 9.84 Å². The van der Waals surface area contributed by atoms with Gasteiger partial charge in [-0.15, -0.1) is 0 Å². The highest BCUT2D eigenvalue weighted by atomic mass is 32.2. The van der Waals surface area contributed by atoms with Gasteiger partial charge in [-0.25, -0.2) is 8.42 Å². The number of hydrogen-bond donors (Lipinski definition) is 1. The molecule has 0 aliphatic carbocycles. The van der Waals surface area contributed by atoms with Crippen molar-refractivity contribution < 1.29 is 17.9 Å². The number of carbonyl (C=O) groups excluding carboxylic acids is 1. The van der Waals surface area contributed by atoms with Gasteiger partial charge in [-0.1, -0.05) is 27.2 Å². The standard InChI is InChI=1S/C13H27NO4S/c1-5-9-11(14-7-3)12(6-2)19(16,17)10-13(15)18-8-4/h11-12,14H,5-10H2,1-4H3. The van der Waals surface area contributed by atoms with Gasteiger partial charge in [0.05, 0.1) is 11.9 Å². The molecule has 0 spiro atoms. The molecule has 0 bridgehead atoms. The van der Waals surface area contributed by atoms with E-state index >= 15 is 0 Å². The molecule has 1 N–H and O–H groups in total. The van der Waals surface area contributed by atoms with E-state index in [9.17, 15) is 13.2 Å². The smallest absolute Gasteiger partial charge is 0.321 e. The van der Waals surface area contributed by atoms with Crippen molar-refractivity contribution in [3.05, 3.63) is 0 Å². The molecule has 0 aliphatic rings. The fourth-order valence-corrected chi connectivity index (χ4v) is 4.12. The molecule has 0 aromatic rings. The highest BCUT2D eigenvalue weighted by Gasteiger charge is 2.33. The van der Waals surface area contributed by atoms with Gasteiger partial charge in [-0.3, -0.25) is 4.79 Å². The summed E-state index contributed by atoms with van der Waals surface area (Å²) < 4.78 is 29.3. The Morgan fingerprint density at radius 3 is 2.26 bits per heavy atom. The van der Waals surface area contributed by atoms with Crippen LogP contribution in [0.4, 0.5) is 0 Å². The number of rotatable bonds is 10. The van der Waals surface area contributed by atoms with Gasteiger partial charge in [0.1, 0.15) is 5.75 Å². The summed E-state index contributed by atoms with van der Waals surface area (Å²) in [5.41, 5.74) is 0. The van der Waals surface area contributed by atoms with E-state index in [0.29, 0.717) is 6.42 Å². The highest BCUT2D eigenvalue weighted by molar-refractivity contribution is 7.92. The number of sulfone groups is 1. The van der Waals surface area contributed by atoms with Gasteiger partial charge in [-0.05, 0) is 26.3 Å². The first kappa shape index (κ1) is 18.4. The van der Waals surface area contributed by atoms with E-state index in [1.54, 1.807) is 6.92 Å². The van der Waals surface area contributed by atoms with E-state index in [1.807, 2.05) is 20.8 Å². The van der Waals surface area contributed by atoms with Crippen LogP contribution >= 0.6 is 0 Å². The van der Waals surface area contributed by atoms with Crippen molar-refractivity contribution in [1.29, 1.82) is 0 Å². The van der Waals surface area contributed by atoms with Gasteiger partial charge in [0.2, 0.25) is 0 Å². The second-order valence-corrected chi connectivity index (χ2v) is 6.73. The van der Waals surface area contributed by atoms with Crippen LogP contribution < -0.4 is 5.32 Å². The fraction of sp³-hybridized carbons (Fsp3) is 0.923. The van der Waals surface area contributed by atoms with E-state index < -0.39 is 26.8 Å². The Labute approximate surface area is 117 Å². The molecular weight excluding hydrogens is 266 g/mol. The monoisotopic (exact) mass is 293 g/mol. The summed E-state index contributed by atoms with van der Waals surface area (Å²) in [6, 6.07) is -0.0978. The SMILES string of the molecule is CCCC(NCC)C(CC)S(=O)(=O)CC(=O)OCC. The maximum Gasteiger partial charge on any atom is 0.321 e. The van der Waals surface area contributed by atoms with E-state index in [0.717, 1.165) is 19.4 Å². The molecule has 6 heteroatoms. The number of hydrogen-bond acceptors (Lipinski definition) is 5. The predicted octanol–water partition coefficient (Wildman–Crippen LogP) is 1.52. The Balaban J connectivity index is 4.92. The van der Waals surface area contributed by atoms with Gasteiger partial charge < -0.3 is 10.1 Å². The molecule has 0 radical (unpaired) electrons. The fourth-order valence-electron chi connectivity index (χ4n) is 2.26. The molecule has 0 aromatic heterocycles. The third kappa shape index (κ3) is 6.38. The van der Waals surface area contributed by atoms with Gasteiger partial charge in [0, 0.05) is 6.04 Å². The summed E-state index contributed by atoms with van der Waals surface area (Å²) in [5, 5.41) is 2.68. The molecule has 0 saturated carbocycles. The van der Waals surface area contributed by atoms with Crippen molar-refractivity contribution in [3.8, 4) is 0 Å². The first-order valence-corrected chi connectivity index (χ1v) is 8.74. The number of esters is 1. The average Bonchev–Trinajstić information content (AvgIpc) is 2.29. The van der Waals surface area contributed by atoms with Crippen LogP contribution in [0.25, 0.3) is 0 Å². The average molecular weight is 293 g/mol. The van der Waals surface area contributed by atoms with Gasteiger partial charge >= 0.3 is 5.97 Å². The molecule has 2 atom stereocenters. The van der Waals surface area contributed by atoms with E-state index in [4.69, 9.17) is 4.74 Å². The van der Waals surface area contributed by atoms with Crippen molar-refractivity contribution >= 4 is 15.8 Å². The Morgan fingerprint density at radius 1 is 1.21 bits per heavy atom. The first-order chi connectivity index (χ1) is 8.92. The zero-order valence-electron chi connectivity index (χ0n) is 12.4. The minimum absolute atomic E-state index is 0.0978. The molecule has 0 rings (SSSR count). The van der Waals surface area contributed by atoms with Crippen molar-refractivity contribution in [2.24, 2.45) is 0 Å². The molecular formula is C13H27NO4S. The van der Waals surface area contributed by atoms with Crippen LogP contribution in [-0.2, 0) is 19.4 Å². The number of carbonyl (C=O) groups is 1. The highest BCUT2D eigenvalue weighted by Crippen LogP contribution is 2.16. The molecule has 19 heavy (non-hydrogen) atoms. The largest absolute Gasteiger partial charge is 0.465 e. The maximum atomic E-state index is 12.3. The second-order valence-electron chi connectivity index (χ2n) is 4.51. The summed E-state index contributed by atoms with van der Waals surface area (Å²) in [5.74, 6) is -1.18. The first-order valence-electron chi connectivity index (χ1n) is 7.03. The molecule has 0 fully saturated rings. The van der Waals surface area contributed by atoms with Crippen LogP contribution in [0.5, 0.6) is 0 Å². The Bertz CT molecular complexity index is 348. The van der Waals surface area contributed by atoms with E-state index in [2.05, 4.69) is 5.32 Å². The Kier molecular flexibility index (Phi) is 9.01. The van der Waals surface area contributed by atoms with E-state index in [-0.39, 0.29) is 12.6 Å². The van der Waals surface area contributed by atoms with Crippen molar-refractivity contribution in [2.45, 2.75) is 58.2 Å². The lowest BCUT2D eigenvalue weighted by atomic mass is 10.1. The van der Waals surface area contributed by atoms with Gasteiger partial charge in [-0.2, -0.15) is 0 Å². The zero-order chi connectivity index (χ0) is 14.9. The second kappa shape index (κ2) is 9.31. The number of nitrogens with one attached hydrogen (secondary N) is 1. The summed E-state index contributed by atoms with van der Waals surface area (Å²) in [6.07, 6.45) is 2.19. The summed E-state index contributed by atoms with van der Waals surface area (Å²) in [4.78, 5) is 11.4. The third-order valence-corrected chi connectivity index (χ3v) is 5.23. The summed E-state index contributed by atoms with van der Waals surface area (Å²) in [6.45, 7) is 8.41.